The Morgan fingerprint density at radius 3 is 2.52 bits per heavy atom. The number of halogens is 1. The molecule has 2 aromatic rings. The van der Waals surface area contributed by atoms with Gasteiger partial charge in [0, 0.05) is 44.8 Å². The first kappa shape index (κ1) is 22.9. The van der Waals surface area contributed by atoms with Gasteiger partial charge < -0.3 is 20.3 Å². The van der Waals surface area contributed by atoms with Gasteiger partial charge in [0.25, 0.3) is 0 Å². The van der Waals surface area contributed by atoms with Gasteiger partial charge in [-0.1, -0.05) is 0 Å². The molecule has 0 aromatic carbocycles. The van der Waals surface area contributed by atoms with Crippen LogP contribution in [0.5, 0.6) is 0 Å². The summed E-state index contributed by atoms with van der Waals surface area (Å²) in [5.74, 6) is 1.21. The molecule has 1 aliphatic heterocycles. The first-order chi connectivity index (χ1) is 13.3. The van der Waals surface area contributed by atoms with Gasteiger partial charge in [0.2, 0.25) is 0 Å². The Morgan fingerprint density at radius 2 is 1.90 bits per heavy atom. The maximum absolute atomic E-state index is 12.1. The summed E-state index contributed by atoms with van der Waals surface area (Å²) in [7, 11) is 0. The first-order valence-corrected chi connectivity index (χ1v) is 9.29. The molecule has 0 unspecified atom stereocenters. The van der Waals surface area contributed by atoms with E-state index in [2.05, 4.69) is 15.1 Å². The van der Waals surface area contributed by atoms with Gasteiger partial charge in [-0.15, -0.1) is 24.0 Å². The number of piperazine rings is 1. The van der Waals surface area contributed by atoms with Crippen molar-refractivity contribution in [2.45, 2.75) is 32.9 Å². The number of pyridine rings is 1. The summed E-state index contributed by atoms with van der Waals surface area (Å²) in [5, 5.41) is 4.18. The number of nitrogens with zero attached hydrogens (tertiary/aromatic N) is 6. The van der Waals surface area contributed by atoms with E-state index in [0.29, 0.717) is 38.7 Å². The molecular formula is C19H28IN7O2. The molecule has 1 aliphatic rings. The van der Waals surface area contributed by atoms with Crippen molar-refractivity contribution in [3.63, 3.8) is 0 Å². The van der Waals surface area contributed by atoms with E-state index < -0.39 is 5.60 Å². The van der Waals surface area contributed by atoms with Crippen LogP contribution < -0.4 is 5.73 Å². The lowest BCUT2D eigenvalue weighted by Gasteiger charge is -2.36. The molecule has 0 radical (unpaired) electrons. The normalized spacial score (nSPS) is 15.1. The predicted molar refractivity (Wildman–Crippen MR) is 121 cm³/mol. The number of carbonyl (C=O) groups is 1. The monoisotopic (exact) mass is 513 g/mol. The number of aromatic nitrogens is 3. The molecule has 0 aliphatic carbocycles. The lowest BCUT2D eigenvalue weighted by atomic mass is 10.2. The zero-order valence-electron chi connectivity index (χ0n) is 17.0. The van der Waals surface area contributed by atoms with Gasteiger partial charge in [0.05, 0.1) is 6.54 Å². The highest BCUT2D eigenvalue weighted by molar-refractivity contribution is 14.0. The molecule has 0 bridgehead atoms. The molecule has 2 aromatic heterocycles. The maximum atomic E-state index is 12.1. The summed E-state index contributed by atoms with van der Waals surface area (Å²) in [6.07, 6.45) is 5.00. The van der Waals surface area contributed by atoms with E-state index in [9.17, 15) is 4.79 Å². The van der Waals surface area contributed by atoms with Crippen molar-refractivity contribution < 1.29 is 9.53 Å². The van der Waals surface area contributed by atoms with Crippen LogP contribution in [0.25, 0.3) is 5.82 Å². The van der Waals surface area contributed by atoms with E-state index in [1.807, 2.05) is 50.1 Å². The fourth-order valence-corrected chi connectivity index (χ4v) is 2.81. The van der Waals surface area contributed by atoms with E-state index in [0.717, 1.165) is 11.4 Å². The Morgan fingerprint density at radius 1 is 1.21 bits per heavy atom. The third kappa shape index (κ3) is 6.58. The van der Waals surface area contributed by atoms with E-state index in [-0.39, 0.29) is 30.1 Å². The maximum Gasteiger partial charge on any atom is 0.410 e. The molecule has 2 N–H and O–H groups in total. The lowest BCUT2D eigenvalue weighted by molar-refractivity contribution is 0.0186. The molecule has 158 valence electrons. The zero-order chi connectivity index (χ0) is 20.1. The van der Waals surface area contributed by atoms with Gasteiger partial charge in [0.15, 0.2) is 11.8 Å². The minimum atomic E-state index is -0.492. The average Bonchev–Trinajstić information content (AvgIpc) is 3.20. The van der Waals surface area contributed by atoms with Crippen LogP contribution in [0.15, 0.2) is 41.8 Å². The summed E-state index contributed by atoms with van der Waals surface area (Å²) in [4.78, 5) is 24.6. The number of rotatable bonds is 3. The number of carbonyl (C=O) groups excluding carboxylic acids is 1. The Balaban J connectivity index is 0.00000300. The van der Waals surface area contributed by atoms with Crippen LogP contribution in [0.2, 0.25) is 0 Å². The highest BCUT2D eigenvalue weighted by Gasteiger charge is 2.26. The number of hydrogen-bond acceptors (Lipinski definition) is 5. The van der Waals surface area contributed by atoms with Gasteiger partial charge in [-0.05, 0) is 44.5 Å². The molecule has 0 saturated carbocycles. The molecule has 0 spiro atoms. The van der Waals surface area contributed by atoms with Crippen molar-refractivity contribution in [3.8, 4) is 5.82 Å². The third-order valence-electron chi connectivity index (χ3n) is 4.23. The summed E-state index contributed by atoms with van der Waals surface area (Å²) in [5.41, 5.74) is 6.66. The van der Waals surface area contributed by atoms with Crippen molar-refractivity contribution in [2.24, 2.45) is 10.7 Å². The van der Waals surface area contributed by atoms with Crippen molar-refractivity contribution >= 4 is 36.0 Å². The third-order valence-corrected chi connectivity index (χ3v) is 4.23. The fraction of sp³-hybridized carbons (Fsp3) is 0.474. The van der Waals surface area contributed by atoms with Crippen molar-refractivity contribution in [1.29, 1.82) is 0 Å². The van der Waals surface area contributed by atoms with Crippen LogP contribution in [-0.4, -0.2) is 68.4 Å². The molecule has 10 heteroatoms. The van der Waals surface area contributed by atoms with Gasteiger partial charge >= 0.3 is 6.09 Å². The number of nitrogens with two attached hydrogens (primary N) is 1. The predicted octanol–water partition coefficient (Wildman–Crippen LogP) is 2.25. The second-order valence-corrected chi connectivity index (χ2v) is 7.60. The topological polar surface area (TPSA) is 102 Å². The van der Waals surface area contributed by atoms with Crippen molar-refractivity contribution in [3.05, 3.63) is 42.4 Å². The Labute approximate surface area is 187 Å². The van der Waals surface area contributed by atoms with E-state index >= 15 is 0 Å². The molecular weight excluding hydrogens is 485 g/mol. The molecule has 1 fully saturated rings. The van der Waals surface area contributed by atoms with E-state index in [4.69, 9.17) is 10.5 Å². The first-order valence-electron chi connectivity index (χ1n) is 9.29. The molecule has 29 heavy (non-hydrogen) atoms. The number of ether oxygens (including phenoxy) is 1. The summed E-state index contributed by atoms with van der Waals surface area (Å²) >= 11 is 0. The average molecular weight is 513 g/mol. The highest BCUT2D eigenvalue weighted by atomic mass is 127. The van der Waals surface area contributed by atoms with Gasteiger partial charge in [0.1, 0.15) is 5.60 Å². The van der Waals surface area contributed by atoms with Crippen LogP contribution in [0.1, 0.15) is 26.3 Å². The highest BCUT2D eigenvalue weighted by Crippen LogP contribution is 2.12. The molecule has 9 nitrogen and oxygen atoms in total. The SMILES string of the molecule is CC(C)(C)OC(=O)N1CCN(C(N)=NCc2ccnc(-n3cccn3)c2)CC1.I. The Bertz CT molecular complexity index is 825. The second kappa shape index (κ2) is 9.90. The van der Waals surface area contributed by atoms with Crippen molar-refractivity contribution in [2.75, 3.05) is 26.2 Å². The summed E-state index contributed by atoms with van der Waals surface area (Å²) in [6, 6.07) is 5.69. The van der Waals surface area contributed by atoms with Gasteiger partial charge in [-0.3, -0.25) is 0 Å². The Hall–Kier alpha value is -2.37. The number of amides is 1. The minimum absolute atomic E-state index is 0. The smallest absolute Gasteiger partial charge is 0.410 e. The lowest BCUT2D eigenvalue weighted by Crippen LogP contribution is -2.53. The number of hydrogen-bond donors (Lipinski definition) is 1. The van der Waals surface area contributed by atoms with Gasteiger partial charge in [-0.2, -0.15) is 5.10 Å². The molecule has 0 atom stereocenters. The van der Waals surface area contributed by atoms with Crippen LogP contribution in [-0.2, 0) is 11.3 Å². The Kier molecular flexibility index (Phi) is 7.82. The molecule has 3 rings (SSSR count). The van der Waals surface area contributed by atoms with Crippen LogP contribution >= 0.6 is 24.0 Å². The van der Waals surface area contributed by atoms with Crippen LogP contribution in [0.3, 0.4) is 0 Å². The number of guanidine groups is 1. The van der Waals surface area contributed by atoms with Crippen LogP contribution in [0.4, 0.5) is 4.79 Å². The fourth-order valence-electron chi connectivity index (χ4n) is 2.81. The molecule has 1 amide bonds. The van der Waals surface area contributed by atoms with Crippen molar-refractivity contribution in [1.82, 2.24) is 24.6 Å². The summed E-state index contributed by atoms with van der Waals surface area (Å²) < 4.78 is 7.11. The summed E-state index contributed by atoms with van der Waals surface area (Å²) in [6.45, 7) is 8.42. The molecule has 3 heterocycles. The zero-order valence-corrected chi connectivity index (χ0v) is 19.3. The largest absolute Gasteiger partial charge is 0.444 e. The number of aliphatic imine (C=N–C) groups is 1. The van der Waals surface area contributed by atoms with E-state index in [1.54, 1.807) is 22.0 Å². The van der Waals surface area contributed by atoms with Crippen LogP contribution in [0, 0.1) is 0 Å². The minimum Gasteiger partial charge on any atom is -0.444 e. The second-order valence-electron chi connectivity index (χ2n) is 7.60. The standard InChI is InChI=1S/C19H27N7O2.HI/c1-19(2,3)28-18(27)25-11-9-24(10-12-25)17(20)22-14-15-5-7-21-16(13-15)26-8-4-6-23-26;/h4-8,13H,9-12,14H2,1-3H3,(H2,20,22);1H. The van der Waals surface area contributed by atoms with Gasteiger partial charge in [-0.25, -0.2) is 19.5 Å². The quantitative estimate of drug-likeness (QED) is 0.384. The van der Waals surface area contributed by atoms with E-state index in [1.165, 1.54) is 0 Å². The molecule has 1 saturated heterocycles.